The molecule has 0 radical (unpaired) electrons. The first-order valence-corrected chi connectivity index (χ1v) is 11.5. The minimum Gasteiger partial charge on any atom is -0.468 e. The fourth-order valence-corrected chi connectivity index (χ4v) is 4.18. The van der Waals surface area contributed by atoms with Crippen molar-refractivity contribution in [3.8, 4) is 0 Å². The number of carbonyl (C=O) groups is 1. The number of aromatic nitrogens is 2. The molecule has 0 aliphatic carbocycles. The van der Waals surface area contributed by atoms with Crippen LogP contribution in [0.1, 0.15) is 23.7 Å². The second-order valence-electron chi connectivity index (χ2n) is 7.08. The van der Waals surface area contributed by atoms with E-state index in [0.717, 1.165) is 6.08 Å². The van der Waals surface area contributed by atoms with Gasteiger partial charge in [0.05, 0.1) is 28.7 Å². The third kappa shape index (κ3) is 5.38. The van der Waals surface area contributed by atoms with E-state index in [1.54, 1.807) is 30.3 Å². The number of carbonyl (C=O) groups excluding carboxylic acids is 1. The average molecular weight is 487 g/mol. The SMILES string of the molecule is O=C(/C=C/c1ccc(S(=O)(=O)NCc2ccco2)cc1)OCc1nc2ccccc2n1C(F)F. The molecule has 0 atom stereocenters. The number of sulfonamides is 1. The number of halogens is 2. The van der Waals surface area contributed by atoms with Crippen LogP contribution in [0.2, 0.25) is 0 Å². The van der Waals surface area contributed by atoms with Gasteiger partial charge in [-0.15, -0.1) is 0 Å². The van der Waals surface area contributed by atoms with Crippen LogP contribution >= 0.6 is 0 Å². The first kappa shape index (κ1) is 23.3. The van der Waals surface area contributed by atoms with Crippen LogP contribution < -0.4 is 4.72 Å². The molecule has 4 rings (SSSR count). The minimum atomic E-state index is -3.74. The van der Waals surface area contributed by atoms with Crippen LogP contribution in [0.15, 0.2) is 82.3 Å². The Hall–Kier alpha value is -3.83. The molecule has 1 N–H and O–H groups in total. The van der Waals surface area contributed by atoms with Gasteiger partial charge in [-0.3, -0.25) is 4.57 Å². The summed E-state index contributed by atoms with van der Waals surface area (Å²) in [6.07, 6.45) is 3.99. The van der Waals surface area contributed by atoms with Gasteiger partial charge in [0.1, 0.15) is 12.4 Å². The Morgan fingerprint density at radius 2 is 1.88 bits per heavy atom. The van der Waals surface area contributed by atoms with Crippen molar-refractivity contribution >= 4 is 33.1 Å². The Bertz CT molecular complexity index is 1410. The van der Waals surface area contributed by atoms with E-state index in [2.05, 4.69) is 9.71 Å². The molecule has 2 aromatic carbocycles. The molecular formula is C23H19F2N3O5S. The summed E-state index contributed by atoms with van der Waals surface area (Å²) in [7, 11) is -3.74. The standard InChI is InChI=1S/C23H19F2N3O5S/c24-23(25)28-20-6-2-1-5-19(20)27-21(28)15-33-22(29)12-9-16-7-10-18(11-8-16)34(30,31)26-14-17-4-3-13-32-17/h1-13,23,26H,14-15H2/b12-9+. The molecule has 2 heterocycles. The summed E-state index contributed by atoms with van der Waals surface area (Å²) in [5.41, 5.74) is 1.16. The van der Waals surface area contributed by atoms with Crippen molar-refractivity contribution in [3.05, 3.63) is 90.2 Å². The Labute approximate surface area is 193 Å². The lowest BCUT2D eigenvalue weighted by molar-refractivity contribution is -0.139. The van der Waals surface area contributed by atoms with Crippen molar-refractivity contribution < 1.29 is 31.1 Å². The molecule has 4 aromatic rings. The van der Waals surface area contributed by atoms with Crippen molar-refractivity contribution in [2.45, 2.75) is 24.6 Å². The monoisotopic (exact) mass is 487 g/mol. The summed E-state index contributed by atoms with van der Waals surface area (Å²) in [6, 6.07) is 15.5. The van der Waals surface area contributed by atoms with Crippen LogP contribution in [0.25, 0.3) is 17.1 Å². The topological polar surface area (TPSA) is 103 Å². The van der Waals surface area contributed by atoms with Gasteiger partial charge in [-0.05, 0) is 48.0 Å². The van der Waals surface area contributed by atoms with E-state index in [4.69, 9.17) is 9.15 Å². The number of hydrogen-bond donors (Lipinski definition) is 1. The van der Waals surface area contributed by atoms with E-state index in [9.17, 15) is 22.0 Å². The van der Waals surface area contributed by atoms with E-state index >= 15 is 0 Å². The highest BCUT2D eigenvalue weighted by Crippen LogP contribution is 2.23. The number of hydrogen-bond acceptors (Lipinski definition) is 6. The van der Waals surface area contributed by atoms with E-state index < -0.39 is 29.1 Å². The third-order valence-corrected chi connectivity index (χ3v) is 6.24. The van der Waals surface area contributed by atoms with E-state index in [1.165, 1.54) is 42.7 Å². The zero-order chi connectivity index (χ0) is 24.1. The number of benzene rings is 2. The Balaban J connectivity index is 1.36. The molecule has 0 unspecified atom stereocenters. The summed E-state index contributed by atoms with van der Waals surface area (Å²) in [6.45, 7) is -3.25. The first-order valence-electron chi connectivity index (χ1n) is 10.0. The number of ether oxygens (including phenoxy) is 1. The van der Waals surface area contributed by atoms with E-state index in [0.29, 0.717) is 21.4 Å². The van der Waals surface area contributed by atoms with Gasteiger partial charge in [-0.1, -0.05) is 24.3 Å². The quantitative estimate of drug-likeness (QED) is 0.280. The maximum atomic E-state index is 13.4. The van der Waals surface area contributed by atoms with Gasteiger partial charge in [-0.25, -0.2) is 22.9 Å². The first-order chi connectivity index (χ1) is 16.3. The van der Waals surface area contributed by atoms with Gasteiger partial charge in [0.2, 0.25) is 10.0 Å². The molecule has 0 saturated heterocycles. The maximum Gasteiger partial charge on any atom is 0.331 e. The van der Waals surface area contributed by atoms with E-state index in [1.807, 2.05) is 0 Å². The lowest BCUT2D eigenvalue weighted by Gasteiger charge is -2.07. The minimum absolute atomic E-state index is 0.0161. The predicted octanol–water partition coefficient (Wildman–Crippen LogP) is 4.26. The third-order valence-electron chi connectivity index (χ3n) is 4.83. The summed E-state index contributed by atoms with van der Waals surface area (Å²) >= 11 is 0. The number of furan rings is 1. The number of alkyl halides is 2. The zero-order valence-corrected chi connectivity index (χ0v) is 18.4. The van der Waals surface area contributed by atoms with Gasteiger partial charge in [0.15, 0.2) is 5.82 Å². The molecule has 2 aromatic heterocycles. The number of rotatable bonds is 9. The number of nitrogens with zero attached hydrogens (tertiary/aromatic N) is 2. The highest BCUT2D eigenvalue weighted by molar-refractivity contribution is 7.89. The van der Waals surface area contributed by atoms with Gasteiger partial charge >= 0.3 is 12.5 Å². The summed E-state index contributed by atoms with van der Waals surface area (Å²) in [4.78, 5) is 16.2. The van der Waals surface area contributed by atoms with Crippen molar-refractivity contribution in [2.24, 2.45) is 0 Å². The molecule has 0 aliphatic heterocycles. The lowest BCUT2D eigenvalue weighted by atomic mass is 10.2. The molecule has 0 amide bonds. The normalized spacial score (nSPS) is 12.1. The zero-order valence-electron chi connectivity index (χ0n) is 17.6. The number of nitrogens with one attached hydrogen (secondary N) is 1. The summed E-state index contributed by atoms with van der Waals surface area (Å²) in [5.74, 6) is -0.356. The molecule has 11 heteroatoms. The molecule has 0 saturated carbocycles. The lowest BCUT2D eigenvalue weighted by Crippen LogP contribution is -2.22. The molecule has 34 heavy (non-hydrogen) atoms. The van der Waals surface area contributed by atoms with Gasteiger partial charge < -0.3 is 9.15 Å². The van der Waals surface area contributed by atoms with Crippen LogP contribution in [0.3, 0.4) is 0 Å². The second-order valence-corrected chi connectivity index (χ2v) is 8.85. The summed E-state index contributed by atoms with van der Waals surface area (Å²) in [5, 5.41) is 0. The number of fused-ring (bicyclic) bond motifs is 1. The van der Waals surface area contributed by atoms with Crippen LogP contribution in [0.5, 0.6) is 0 Å². The maximum absolute atomic E-state index is 13.4. The van der Waals surface area contributed by atoms with Crippen molar-refractivity contribution in [1.82, 2.24) is 14.3 Å². The molecule has 0 fully saturated rings. The Kier molecular flexibility index (Phi) is 6.85. The van der Waals surface area contributed by atoms with Crippen LogP contribution in [-0.4, -0.2) is 23.9 Å². The van der Waals surface area contributed by atoms with Crippen molar-refractivity contribution in [1.29, 1.82) is 0 Å². The molecule has 176 valence electrons. The summed E-state index contributed by atoms with van der Waals surface area (Å²) < 4.78 is 64.9. The molecule has 0 spiro atoms. The highest BCUT2D eigenvalue weighted by Gasteiger charge is 2.18. The van der Waals surface area contributed by atoms with Gasteiger partial charge in [0, 0.05) is 6.08 Å². The average Bonchev–Trinajstić information content (AvgIpc) is 3.48. The number of imidazole rings is 1. The fourth-order valence-electron chi connectivity index (χ4n) is 3.18. The van der Waals surface area contributed by atoms with Crippen LogP contribution in [0.4, 0.5) is 8.78 Å². The Morgan fingerprint density at radius 3 is 2.59 bits per heavy atom. The second kappa shape index (κ2) is 9.98. The Morgan fingerprint density at radius 1 is 1.12 bits per heavy atom. The van der Waals surface area contributed by atoms with Crippen molar-refractivity contribution in [3.63, 3.8) is 0 Å². The number of esters is 1. The molecule has 0 bridgehead atoms. The number of para-hydroxylation sites is 2. The predicted molar refractivity (Wildman–Crippen MR) is 119 cm³/mol. The fraction of sp³-hybridized carbons (Fsp3) is 0.130. The van der Waals surface area contributed by atoms with Gasteiger partial charge in [-0.2, -0.15) is 8.78 Å². The van der Waals surface area contributed by atoms with E-state index in [-0.39, 0.29) is 22.8 Å². The largest absolute Gasteiger partial charge is 0.468 e. The molecule has 8 nitrogen and oxygen atoms in total. The smallest absolute Gasteiger partial charge is 0.331 e. The van der Waals surface area contributed by atoms with Crippen molar-refractivity contribution in [2.75, 3.05) is 0 Å². The molecular weight excluding hydrogens is 468 g/mol. The highest BCUT2D eigenvalue weighted by atomic mass is 32.2. The van der Waals surface area contributed by atoms with Crippen LogP contribution in [-0.2, 0) is 32.7 Å². The van der Waals surface area contributed by atoms with Crippen LogP contribution in [0, 0.1) is 0 Å². The van der Waals surface area contributed by atoms with Gasteiger partial charge in [0.25, 0.3) is 0 Å². The molecule has 0 aliphatic rings.